The molecule has 3 rings (SSSR count). The smallest absolute Gasteiger partial charge is 0.247 e. The lowest BCUT2D eigenvalue weighted by atomic mass is 9.97. The van der Waals surface area contributed by atoms with Crippen LogP contribution in [0.25, 0.3) is 0 Å². The molecule has 0 unspecified atom stereocenters. The quantitative estimate of drug-likeness (QED) is 0.196. The Balaban J connectivity index is 1.77. The van der Waals surface area contributed by atoms with Crippen molar-refractivity contribution in [1.82, 2.24) is 10.6 Å². The second kappa shape index (κ2) is 14.3. The van der Waals surface area contributed by atoms with Gasteiger partial charge in [-0.3, -0.25) is 9.59 Å². The average Bonchev–Trinajstić information content (AvgIpc) is 2.90. The number of hydrogen-bond acceptors (Lipinski definition) is 3. The van der Waals surface area contributed by atoms with Crippen molar-refractivity contribution in [3.8, 4) is 0 Å². The summed E-state index contributed by atoms with van der Waals surface area (Å²) in [6.07, 6.45) is 1.07. The van der Waals surface area contributed by atoms with E-state index in [0.717, 1.165) is 27.7 Å². The molecule has 200 valence electrons. The molecule has 0 saturated heterocycles. The highest BCUT2D eigenvalue weighted by Crippen LogP contribution is 2.20. The van der Waals surface area contributed by atoms with E-state index in [2.05, 4.69) is 37.2 Å². The van der Waals surface area contributed by atoms with Gasteiger partial charge in [0.2, 0.25) is 11.8 Å². The number of rotatable bonds is 10. The summed E-state index contributed by atoms with van der Waals surface area (Å²) in [6, 6.07) is 21.0. The van der Waals surface area contributed by atoms with Crippen molar-refractivity contribution in [3.63, 3.8) is 0 Å². The largest absolute Gasteiger partial charge is 0.350 e. The first-order chi connectivity index (χ1) is 18.2. The van der Waals surface area contributed by atoms with Crippen LogP contribution in [-0.2, 0) is 16.0 Å². The van der Waals surface area contributed by atoms with E-state index in [-0.39, 0.29) is 17.7 Å². The van der Waals surface area contributed by atoms with Gasteiger partial charge in [-0.1, -0.05) is 84.2 Å². The van der Waals surface area contributed by atoms with Gasteiger partial charge in [-0.2, -0.15) is 0 Å². The third kappa shape index (κ3) is 8.82. The molecular formula is C29H32BrClN4O2S. The molecule has 0 saturated carbocycles. The molecule has 0 spiro atoms. The fraction of sp³-hybridized carbons (Fsp3) is 0.276. The molecule has 6 nitrogen and oxygen atoms in total. The molecule has 2 amide bonds. The predicted molar refractivity (Wildman–Crippen MR) is 164 cm³/mol. The van der Waals surface area contributed by atoms with Gasteiger partial charge in [0.15, 0.2) is 5.11 Å². The minimum atomic E-state index is -0.814. The van der Waals surface area contributed by atoms with Crippen molar-refractivity contribution in [3.05, 3.63) is 93.4 Å². The van der Waals surface area contributed by atoms with Gasteiger partial charge >= 0.3 is 0 Å². The Morgan fingerprint density at radius 3 is 2.21 bits per heavy atom. The van der Waals surface area contributed by atoms with E-state index in [4.69, 9.17) is 23.8 Å². The lowest BCUT2D eigenvalue weighted by Crippen LogP contribution is -2.56. The third-order valence-corrected chi connectivity index (χ3v) is 7.39. The highest BCUT2D eigenvalue weighted by Gasteiger charge is 2.29. The third-order valence-electron chi connectivity index (χ3n) is 6.24. The zero-order valence-electron chi connectivity index (χ0n) is 21.6. The van der Waals surface area contributed by atoms with E-state index in [1.54, 1.807) is 12.1 Å². The van der Waals surface area contributed by atoms with Crippen LogP contribution in [0.3, 0.4) is 0 Å². The Morgan fingerprint density at radius 1 is 0.921 bits per heavy atom. The number of halogens is 2. The second-order valence-electron chi connectivity index (χ2n) is 9.17. The minimum absolute atomic E-state index is 0.0454. The van der Waals surface area contributed by atoms with Gasteiger partial charge in [0.1, 0.15) is 12.1 Å². The van der Waals surface area contributed by atoms with Gasteiger partial charge in [0.05, 0.1) is 0 Å². The lowest BCUT2D eigenvalue weighted by Gasteiger charge is -2.27. The van der Waals surface area contributed by atoms with Crippen LogP contribution < -0.4 is 21.3 Å². The van der Waals surface area contributed by atoms with E-state index in [9.17, 15) is 9.59 Å². The van der Waals surface area contributed by atoms with Crippen LogP contribution in [0.15, 0.2) is 77.3 Å². The van der Waals surface area contributed by atoms with E-state index in [0.29, 0.717) is 22.2 Å². The first-order valence-electron chi connectivity index (χ1n) is 12.4. The van der Waals surface area contributed by atoms with Gasteiger partial charge in [-0.25, -0.2) is 0 Å². The van der Waals surface area contributed by atoms with E-state index >= 15 is 0 Å². The van der Waals surface area contributed by atoms with Crippen LogP contribution in [0.5, 0.6) is 0 Å². The number of carbonyl (C=O) groups excluding carboxylic acids is 2. The molecule has 3 aromatic carbocycles. The summed E-state index contributed by atoms with van der Waals surface area (Å²) in [5.74, 6) is -0.686. The molecular weight excluding hydrogens is 584 g/mol. The molecule has 0 aliphatic heterocycles. The summed E-state index contributed by atoms with van der Waals surface area (Å²) >= 11 is 15.2. The Bertz CT molecular complexity index is 1260. The first-order valence-corrected chi connectivity index (χ1v) is 14.0. The molecule has 0 fully saturated rings. The van der Waals surface area contributed by atoms with Crippen LogP contribution in [-0.4, -0.2) is 29.0 Å². The fourth-order valence-electron chi connectivity index (χ4n) is 3.76. The zero-order chi connectivity index (χ0) is 27.7. The van der Waals surface area contributed by atoms with Crippen LogP contribution >= 0.6 is 39.7 Å². The molecule has 3 atom stereocenters. The van der Waals surface area contributed by atoms with Crippen molar-refractivity contribution in [1.29, 1.82) is 0 Å². The highest BCUT2D eigenvalue weighted by atomic mass is 79.9. The van der Waals surface area contributed by atoms with E-state index in [1.165, 1.54) is 0 Å². The lowest BCUT2D eigenvalue weighted by molar-refractivity contribution is -0.128. The molecule has 38 heavy (non-hydrogen) atoms. The van der Waals surface area contributed by atoms with Crippen LogP contribution in [0, 0.1) is 12.8 Å². The number of hydrogen-bond donors (Lipinski definition) is 4. The molecule has 0 aromatic heterocycles. The maximum Gasteiger partial charge on any atom is 0.247 e. The van der Waals surface area contributed by atoms with Gasteiger partial charge in [-0.05, 0) is 72.6 Å². The second-order valence-corrected chi connectivity index (χ2v) is 10.9. The molecule has 0 heterocycles. The highest BCUT2D eigenvalue weighted by molar-refractivity contribution is 9.10. The predicted octanol–water partition coefficient (Wildman–Crippen LogP) is 6.48. The van der Waals surface area contributed by atoms with Gasteiger partial charge in [0, 0.05) is 27.3 Å². The van der Waals surface area contributed by atoms with Gasteiger partial charge < -0.3 is 21.3 Å². The molecule has 0 aliphatic rings. The van der Waals surface area contributed by atoms with Crippen molar-refractivity contribution in [2.24, 2.45) is 5.92 Å². The van der Waals surface area contributed by atoms with Gasteiger partial charge in [0.25, 0.3) is 0 Å². The van der Waals surface area contributed by atoms with Crippen molar-refractivity contribution in [2.75, 3.05) is 10.6 Å². The number of benzene rings is 3. The summed E-state index contributed by atoms with van der Waals surface area (Å²) in [6.45, 7) is 5.87. The van der Waals surface area contributed by atoms with Crippen LogP contribution in [0.1, 0.15) is 31.4 Å². The molecule has 0 bridgehead atoms. The summed E-state index contributed by atoms with van der Waals surface area (Å²) in [5, 5.41) is 13.0. The van der Waals surface area contributed by atoms with E-state index in [1.807, 2.05) is 81.4 Å². The van der Waals surface area contributed by atoms with Crippen LogP contribution in [0.2, 0.25) is 5.02 Å². The number of thiocarbonyl (C=S) groups is 1. The molecule has 9 heteroatoms. The van der Waals surface area contributed by atoms with E-state index < -0.39 is 12.1 Å². The standard InChI is InChI=1S/C29H32BrClN4O2S/c1-4-18(2)26(35-29(38)33-22-14-11-21(30)12-15-22)28(37)34-25(16-20-8-6-5-7-9-20)27(36)32-23-13-10-19(3)24(31)17-23/h5-15,17-18,25-26H,4,16H2,1-3H3,(H,32,36)(H,34,37)(H2,33,35,38)/t18-,25+,26-/m0/s1. The van der Waals surface area contributed by atoms with Crippen LogP contribution in [0.4, 0.5) is 11.4 Å². The summed E-state index contributed by atoms with van der Waals surface area (Å²) < 4.78 is 0.953. The maximum atomic E-state index is 13.6. The Hall–Kier alpha value is -2.94. The fourth-order valence-corrected chi connectivity index (χ4v) is 4.45. The Kier molecular flexibility index (Phi) is 11.1. The van der Waals surface area contributed by atoms with Gasteiger partial charge in [-0.15, -0.1) is 0 Å². The number of carbonyl (C=O) groups is 2. The number of aryl methyl sites for hydroxylation is 1. The summed E-state index contributed by atoms with van der Waals surface area (Å²) in [5.41, 5.74) is 3.20. The van der Waals surface area contributed by atoms with Crippen molar-refractivity contribution >= 4 is 68.1 Å². The summed E-state index contributed by atoms with van der Waals surface area (Å²) in [7, 11) is 0. The Labute approximate surface area is 243 Å². The zero-order valence-corrected chi connectivity index (χ0v) is 24.7. The summed E-state index contributed by atoms with van der Waals surface area (Å²) in [4.78, 5) is 26.9. The minimum Gasteiger partial charge on any atom is -0.350 e. The number of nitrogens with one attached hydrogen (secondary N) is 4. The Morgan fingerprint density at radius 2 is 1.58 bits per heavy atom. The van der Waals surface area contributed by atoms with Crippen molar-refractivity contribution in [2.45, 2.75) is 45.7 Å². The SMILES string of the molecule is CC[C@H](C)[C@H](NC(=S)Nc1ccc(Br)cc1)C(=O)N[C@H](Cc1ccccc1)C(=O)Nc1ccc(C)c(Cl)c1. The average molecular weight is 616 g/mol. The topological polar surface area (TPSA) is 82.3 Å². The maximum absolute atomic E-state index is 13.6. The first kappa shape index (κ1) is 29.6. The normalized spacial score (nSPS) is 13.1. The van der Waals surface area contributed by atoms with Crippen molar-refractivity contribution < 1.29 is 9.59 Å². The number of anilines is 2. The monoisotopic (exact) mass is 614 g/mol. The number of amides is 2. The molecule has 4 N–H and O–H groups in total. The molecule has 0 radical (unpaired) electrons. The molecule has 0 aliphatic carbocycles. The molecule has 3 aromatic rings.